The van der Waals surface area contributed by atoms with Gasteiger partial charge in [0, 0.05) is 12.6 Å². The number of nitrogens with one attached hydrogen (secondary N) is 1. The summed E-state index contributed by atoms with van der Waals surface area (Å²) in [5.41, 5.74) is 2.45. The highest BCUT2D eigenvalue weighted by atomic mass is 35.5. The third-order valence-electron chi connectivity index (χ3n) is 4.13. The maximum absolute atomic E-state index is 6.44. The molecule has 5 nitrogen and oxygen atoms in total. The zero-order valence-corrected chi connectivity index (χ0v) is 16.3. The number of hydrogen-bond acceptors (Lipinski definition) is 5. The van der Waals surface area contributed by atoms with Crippen LogP contribution in [0.15, 0.2) is 18.2 Å². The number of methoxy groups -OCH3 is 1. The third-order valence-corrected chi connectivity index (χ3v) is 4.44. The van der Waals surface area contributed by atoms with Crippen molar-refractivity contribution in [3.8, 4) is 22.9 Å². The van der Waals surface area contributed by atoms with Crippen LogP contribution >= 0.6 is 11.6 Å². The molecule has 1 heterocycles. The Hall–Kier alpha value is -2.01. The number of nitrogens with zero attached hydrogens (tertiary/aromatic N) is 2. The van der Waals surface area contributed by atoms with E-state index in [1.54, 1.807) is 13.2 Å². The van der Waals surface area contributed by atoms with Gasteiger partial charge < -0.3 is 14.8 Å². The Bertz CT molecular complexity index is 718. The normalized spacial score (nSPS) is 10.8. The van der Waals surface area contributed by atoms with Gasteiger partial charge in [-0.25, -0.2) is 9.97 Å². The molecule has 0 fully saturated rings. The van der Waals surface area contributed by atoms with Crippen molar-refractivity contribution in [2.45, 2.75) is 46.1 Å². The summed E-state index contributed by atoms with van der Waals surface area (Å²) >= 11 is 6.44. The minimum atomic E-state index is 0.126. The van der Waals surface area contributed by atoms with Crippen LogP contribution in [0.25, 0.3) is 11.3 Å². The molecule has 1 N–H and O–H groups in total. The molecule has 0 aliphatic carbocycles. The monoisotopic (exact) mass is 363 g/mol. The molecule has 6 heteroatoms. The van der Waals surface area contributed by atoms with E-state index in [1.807, 2.05) is 26.1 Å². The van der Waals surface area contributed by atoms with E-state index in [4.69, 9.17) is 31.0 Å². The fourth-order valence-corrected chi connectivity index (χ4v) is 2.85. The molecular weight excluding hydrogens is 338 g/mol. The summed E-state index contributed by atoms with van der Waals surface area (Å²) < 4.78 is 11.3. The van der Waals surface area contributed by atoms with Crippen LogP contribution in [0.5, 0.6) is 11.6 Å². The van der Waals surface area contributed by atoms with Crippen molar-refractivity contribution in [1.82, 2.24) is 9.97 Å². The van der Waals surface area contributed by atoms with Crippen LogP contribution in [0.2, 0.25) is 5.02 Å². The maximum atomic E-state index is 6.44. The van der Waals surface area contributed by atoms with E-state index >= 15 is 0 Å². The Balaban J connectivity index is 2.52. The molecule has 0 spiro atoms. The number of ether oxygens (including phenoxy) is 2. The minimum Gasteiger partial charge on any atom is -0.497 e. The van der Waals surface area contributed by atoms with Gasteiger partial charge in [-0.2, -0.15) is 0 Å². The minimum absolute atomic E-state index is 0.126. The fourth-order valence-electron chi connectivity index (χ4n) is 2.59. The van der Waals surface area contributed by atoms with Gasteiger partial charge in [-0.15, -0.1) is 0 Å². The van der Waals surface area contributed by atoms with Gasteiger partial charge in [0.15, 0.2) is 5.82 Å². The van der Waals surface area contributed by atoms with Crippen LogP contribution in [0.4, 0.5) is 5.82 Å². The largest absolute Gasteiger partial charge is 0.497 e. The fraction of sp³-hybridized carbons (Fsp3) is 0.474. The van der Waals surface area contributed by atoms with Crippen molar-refractivity contribution in [1.29, 1.82) is 0 Å². The zero-order chi connectivity index (χ0) is 18.4. The molecule has 0 saturated carbocycles. The second-order valence-electron chi connectivity index (χ2n) is 5.68. The number of aryl methyl sites for hydroxylation is 1. The maximum Gasteiger partial charge on any atom is 0.257 e. The lowest BCUT2D eigenvalue weighted by atomic mass is 10.1. The van der Waals surface area contributed by atoms with E-state index in [9.17, 15) is 0 Å². The Morgan fingerprint density at radius 3 is 2.40 bits per heavy atom. The number of halogens is 1. The summed E-state index contributed by atoms with van der Waals surface area (Å²) in [6.07, 6.45) is 2.71. The first kappa shape index (κ1) is 19.3. The highest BCUT2D eigenvalue weighted by Gasteiger charge is 2.19. The van der Waals surface area contributed by atoms with Crippen molar-refractivity contribution in [2.24, 2.45) is 0 Å². The average Bonchev–Trinajstić information content (AvgIpc) is 2.65. The van der Waals surface area contributed by atoms with Gasteiger partial charge in [-0.3, -0.25) is 0 Å². The van der Waals surface area contributed by atoms with Crippen molar-refractivity contribution in [3.63, 3.8) is 0 Å². The molecular formula is C19H26ClN3O2. The summed E-state index contributed by atoms with van der Waals surface area (Å²) in [5, 5.41) is 3.67. The average molecular weight is 364 g/mol. The van der Waals surface area contributed by atoms with Crippen molar-refractivity contribution in [2.75, 3.05) is 19.5 Å². The molecule has 25 heavy (non-hydrogen) atoms. The number of anilines is 1. The molecule has 2 rings (SSSR count). The number of aromatic nitrogens is 2. The first-order valence-corrected chi connectivity index (χ1v) is 9.04. The Morgan fingerprint density at radius 1 is 1.16 bits per heavy atom. The number of benzene rings is 1. The molecule has 0 atom stereocenters. The van der Waals surface area contributed by atoms with Crippen molar-refractivity contribution < 1.29 is 9.47 Å². The van der Waals surface area contributed by atoms with Gasteiger partial charge in [0.2, 0.25) is 0 Å². The molecule has 0 amide bonds. The summed E-state index contributed by atoms with van der Waals surface area (Å²) in [5.74, 6) is 1.87. The van der Waals surface area contributed by atoms with E-state index in [0.29, 0.717) is 22.5 Å². The highest BCUT2D eigenvalue weighted by molar-refractivity contribution is 6.33. The van der Waals surface area contributed by atoms with Crippen LogP contribution in [-0.4, -0.2) is 30.2 Å². The Morgan fingerprint density at radius 2 is 1.88 bits per heavy atom. The lowest BCUT2D eigenvalue weighted by Gasteiger charge is -2.19. The summed E-state index contributed by atoms with van der Waals surface area (Å²) in [6.45, 7) is 6.25. The van der Waals surface area contributed by atoms with E-state index in [-0.39, 0.29) is 6.10 Å². The van der Waals surface area contributed by atoms with Gasteiger partial charge in [0.1, 0.15) is 11.9 Å². The number of rotatable bonds is 8. The number of hydrogen-bond donors (Lipinski definition) is 1. The first-order chi connectivity index (χ1) is 12.1. The van der Waals surface area contributed by atoms with E-state index in [2.05, 4.69) is 19.2 Å². The van der Waals surface area contributed by atoms with Gasteiger partial charge in [-0.05, 0) is 37.5 Å². The van der Waals surface area contributed by atoms with E-state index in [0.717, 1.165) is 36.2 Å². The van der Waals surface area contributed by atoms with Gasteiger partial charge in [0.05, 0.1) is 23.5 Å². The first-order valence-electron chi connectivity index (χ1n) is 8.67. The van der Waals surface area contributed by atoms with Crippen LogP contribution < -0.4 is 14.8 Å². The van der Waals surface area contributed by atoms with Gasteiger partial charge in [0.25, 0.3) is 5.88 Å². The van der Waals surface area contributed by atoms with Crippen molar-refractivity contribution >= 4 is 17.4 Å². The van der Waals surface area contributed by atoms with Gasteiger partial charge >= 0.3 is 0 Å². The summed E-state index contributed by atoms with van der Waals surface area (Å²) in [7, 11) is 3.43. The second-order valence-corrected chi connectivity index (χ2v) is 6.09. The molecule has 0 aliphatic rings. The van der Waals surface area contributed by atoms with Crippen LogP contribution in [-0.2, 0) is 6.42 Å². The predicted octanol–water partition coefficient (Wildman–Crippen LogP) is 4.98. The Labute approximate surface area is 154 Å². The zero-order valence-electron chi connectivity index (χ0n) is 15.5. The summed E-state index contributed by atoms with van der Waals surface area (Å²) in [4.78, 5) is 9.47. The molecule has 136 valence electrons. The smallest absolute Gasteiger partial charge is 0.257 e. The third kappa shape index (κ3) is 4.34. The quantitative estimate of drug-likeness (QED) is 0.717. The van der Waals surface area contributed by atoms with Crippen LogP contribution in [0.1, 0.15) is 39.3 Å². The van der Waals surface area contributed by atoms with E-state index < -0.39 is 0 Å². The molecule has 0 saturated heterocycles. The molecule has 0 radical (unpaired) electrons. The molecule has 0 bridgehead atoms. The standard InChI is InChI=1S/C19H26ClN3O2/c1-6-12(7-2)25-19-18(21-4)23-17(16(8-3)22-19)14-10-9-13(24-5)11-15(14)20/h9-12H,6-8H2,1-5H3,(H,21,23). The van der Waals surface area contributed by atoms with Crippen LogP contribution in [0, 0.1) is 0 Å². The highest BCUT2D eigenvalue weighted by Crippen LogP contribution is 2.35. The van der Waals surface area contributed by atoms with E-state index in [1.165, 1.54) is 0 Å². The van der Waals surface area contributed by atoms with Crippen LogP contribution in [0.3, 0.4) is 0 Å². The van der Waals surface area contributed by atoms with Crippen molar-refractivity contribution in [3.05, 3.63) is 28.9 Å². The lowest BCUT2D eigenvalue weighted by molar-refractivity contribution is 0.185. The predicted molar refractivity (Wildman–Crippen MR) is 103 cm³/mol. The summed E-state index contributed by atoms with van der Waals surface area (Å²) in [6, 6.07) is 5.56. The van der Waals surface area contributed by atoms with Gasteiger partial charge in [-0.1, -0.05) is 32.4 Å². The lowest BCUT2D eigenvalue weighted by Crippen LogP contribution is -2.17. The second kappa shape index (κ2) is 8.90. The Kier molecular flexibility index (Phi) is 6.88. The molecule has 1 aromatic carbocycles. The molecule has 0 aliphatic heterocycles. The SMILES string of the molecule is CCc1nc(OC(CC)CC)c(NC)nc1-c1ccc(OC)cc1Cl. The molecule has 1 aromatic heterocycles. The topological polar surface area (TPSA) is 56.3 Å². The molecule has 2 aromatic rings. The molecule has 0 unspecified atom stereocenters.